The van der Waals surface area contributed by atoms with Crippen LogP contribution >= 0.6 is 0 Å². The smallest absolute Gasteiger partial charge is 0.191 e. The van der Waals surface area contributed by atoms with Gasteiger partial charge in [-0.05, 0) is 29.3 Å². The van der Waals surface area contributed by atoms with E-state index in [4.69, 9.17) is 9.47 Å². The van der Waals surface area contributed by atoms with Gasteiger partial charge in [-0.2, -0.15) is 0 Å². The maximum atomic E-state index is 13.0. The van der Waals surface area contributed by atoms with Gasteiger partial charge in [0.15, 0.2) is 5.78 Å². The number of ketones is 1. The van der Waals surface area contributed by atoms with Crippen molar-refractivity contribution >= 4 is 11.9 Å². The molecule has 2 aliphatic rings. The average Bonchev–Trinajstić information content (AvgIpc) is 2.95. The first-order chi connectivity index (χ1) is 12.3. The standard InChI is InChI=1S/C21H21NO3/c1-24-16-8-6-15(7-9-16)14-19-20(22-10-12-25-13-11-22)17-4-2-3-5-18(17)21(19)23/h2-9,14,20H,10-13H2,1H3/b19-14+. The lowest BCUT2D eigenvalue weighted by molar-refractivity contribution is 0.0242. The molecule has 4 heteroatoms. The molecule has 0 radical (unpaired) electrons. The number of ether oxygens (including phenoxy) is 2. The highest BCUT2D eigenvalue weighted by Crippen LogP contribution is 2.41. The molecule has 25 heavy (non-hydrogen) atoms. The summed E-state index contributed by atoms with van der Waals surface area (Å²) in [5, 5.41) is 0. The topological polar surface area (TPSA) is 38.8 Å². The van der Waals surface area contributed by atoms with E-state index in [2.05, 4.69) is 11.0 Å². The molecule has 0 spiro atoms. The fraction of sp³-hybridized carbons (Fsp3) is 0.286. The van der Waals surface area contributed by atoms with E-state index in [-0.39, 0.29) is 11.8 Å². The summed E-state index contributed by atoms with van der Waals surface area (Å²) >= 11 is 0. The molecule has 2 aromatic carbocycles. The molecule has 4 rings (SSSR count). The van der Waals surface area contributed by atoms with Crippen LogP contribution < -0.4 is 4.74 Å². The fourth-order valence-electron chi connectivity index (χ4n) is 3.64. The Morgan fingerprint density at radius 1 is 1.08 bits per heavy atom. The molecule has 0 saturated carbocycles. The van der Waals surface area contributed by atoms with Crippen LogP contribution in [0, 0.1) is 0 Å². The van der Waals surface area contributed by atoms with Crippen LogP contribution in [-0.2, 0) is 4.74 Å². The minimum atomic E-state index is 0.00898. The summed E-state index contributed by atoms with van der Waals surface area (Å²) in [5.41, 5.74) is 3.77. The van der Waals surface area contributed by atoms with Gasteiger partial charge < -0.3 is 9.47 Å². The highest BCUT2D eigenvalue weighted by Gasteiger charge is 2.38. The first-order valence-corrected chi connectivity index (χ1v) is 8.59. The zero-order chi connectivity index (χ0) is 17.2. The number of fused-ring (bicyclic) bond motifs is 1. The highest BCUT2D eigenvalue weighted by molar-refractivity contribution is 6.16. The number of carbonyl (C=O) groups is 1. The SMILES string of the molecule is COc1ccc(/C=C2/C(=O)c3ccccc3C2N2CCOCC2)cc1. The second-order valence-electron chi connectivity index (χ2n) is 6.34. The molecule has 0 aromatic heterocycles. The van der Waals surface area contributed by atoms with E-state index in [1.807, 2.05) is 48.5 Å². The van der Waals surface area contributed by atoms with Gasteiger partial charge in [0.05, 0.1) is 26.4 Å². The lowest BCUT2D eigenvalue weighted by Crippen LogP contribution is -2.39. The van der Waals surface area contributed by atoms with Gasteiger partial charge in [-0.3, -0.25) is 9.69 Å². The molecule has 2 aromatic rings. The predicted molar refractivity (Wildman–Crippen MR) is 96.9 cm³/mol. The Morgan fingerprint density at radius 2 is 1.80 bits per heavy atom. The predicted octanol–water partition coefficient (Wildman–Crippen LogP) is 3.35. The molecule has 1 aliphatic carbocycles. The van der Waals surface area contributed by atoms with E-state index in [9.17, 15) is 4.79 Å². The van der Waals surface area contributed by atoms with E-state index < -0.39 is 0 Å². The van der Waals surface area contributed by atoms with Crippen LogP contribution in [0.3, 0.4) is 0 Å². The number of hydrogen-bond acceptors (Lipinski definition) is 4. The zero-order valence-corrected chi connectivity index (χ0v) is 14.3. The van der Waals surface area contributed by atoms with Gasteiger partial charge in [0, 0.05) is 24.2 Å². The lowest BCUT2D eigenvalue weighted by Gasteiger charge is -2.33. The Morgan fingerprint density at radius 3 is 2.52 bits per heavy atom. The molecule has 128 valence electrons. The number of methoxy groups -OCH3 is 1. The molecule has 0 bridgehead atoms. The van der Waals surface area contributed by atoms with Gasteiger partial charge in [-0.1, -0.05) is 36.4 Å². The summed E-state index contributed by atoms with van der Waals surface area (Å²) < 4.78 is 10.7. The largest absolute Gasteiger partial charge is 0.497 e. The van der Waals surface area contributed by atoms with Crippen molar-refractivity contribution in [3.8, 4) is 5.75 Å². The van der Waals surface area contributed by atoms with Crippen LogP contribution in [0.15, 0.2) is 54.1 Å². The van der Waals surface area contributed by atoms with Gasteiger partial charge in [-0.25, -0.2) is 0 Å². The molecule has 1 unspecified atom stereocenters. The molecular weight excluding hydrogens is 314 g/mol. The van der Waals surface area contributed by atoms with Crippen molar-refractivity contribution in [1.82, 2.24) is 4.90 Å². The van der Waals surface area contributed by atoms with Gasteiger partial charge in [0.1, 0.15) is 5.75 Å². The first-order valence-electron chi connectivity index (χ1n) is 8.59. The maximum Gasteiger partial charge on any atom is 0.191 e. The normalized spacial score (nSPS) is 22.2. The Labute approximate surface area is 147 Å². The second kappa shape index (κ2) is 6.82. The van der Waals surface area contributed by atoms with E-state index in [0.717, 1.165) is 41.1 Å². The van der Waals surface area contributed by atoms with Crippen molar-refractivity contribution in [1.29, 1.82) is 0 Å². The monoisotopic (exact) mass is 335 g/mol. The van der Waals surface area contributed by atoms with Crippen LogP contribution in [0.5, 0.6) is 5.75 Å². The number of Topliss-reactive ketones (excluding diaryl/α,β-unsaturated/α-hetero) is 1. The molecular formula is C21H21NO3. The van der Waals surface area contributed by atoms with Crippen molar-refractivity contribution in [2.75, 3.05) is 33.4 Å². The van der Waals surface area contributed by atoms with Crippen LogP contribution in [0.4, 0.5) is 0 Å². The van der Waals surface area contributed by atoms with Crippen molar-refractivity contribution in [2.24, 2.45) is 0 Å². The van der Waals surface area contributed by atoms with E-state index in [1.54, 1.807) is 7.11 Å². The number of nitrogens with zero attached hydrogens (tertiary/aromatic N) is 1. The van der Waals surface area contributed by atoms with Crippen molar-refractivity contribution in [3.05, 3.63) is 70.8 Å². The van der Waals surface area contributed by atoms with Crippen LogP contribution in [0.2, 0.25) is 0 Å². The van der Waals surface area contributed by atoms with E-state index >= 15 is 0 Å². The number of morpholine rings is 1. The third-order valence-electron chi connectivity index (χ3n) is 4.91. The summed E-state index contributed by atoms with van der Waals surface area (Å²) in [6.07, 6.45) is 2.02. The minimum Gasteiger partial charge on any atom is -0.497 e. The molecule has 0 amide bonds. The van der Waals surface area contributed by atoms with E-state index in [0.29, 0.717) is 13.2 Å². The lowest BCUT2D eigenvalue weighted by atomic mass is 10.0. The number of benzene rings is 2. The summed E-state index contributed by atoms with van der Waals surface area (Å²) in [6, 6.07) is 15.8. The molecule has 4 nitrogen and oxygen atoms in total. The molecule has 1 saturated heterocycles. The van der Waals surface area contributed by atoms with Crippen LogP contribution in [0.1, 0.15) is 27.5 Å². The van der Waals surface area contributed by atoms with Crippen molar-refractivity contribution in [3.63, 3.8) is 0 Å². The summed E-state index contributed by atoms with van der Waals surface area (Å²) in [7, 11) is 1.65. The van der Waals surface area contributed by atoms with Crippen LogP contribution in [0.25, 0.3) is 6.08 Å². The Bertz CT molecular complexity index is 804. The summed E-state index contributed by atoms with van der Waals surface area (Å²) in [6.45, 7) is 3.10. The minimum absolute atomic E-state index is 0.00898. The highest BCUT2D eigenvalue weighted by atomic mass is 16.5. The first kappa shape index (κ1) is 16.1. The molecule has 0 N–H and O–H groups in total. The third kappa shape index (κ3) is 2.99. The summed E-state index contributed by atoms with van der Waals surface area (Å²) in [4.78, 5) is 15.4. The quantitative estimate of drug-likeness (QED) is 0.807. The van der Waals surface area contributed by atoms with Gasteiger partial charge in [-0.15, -0.1) is 0 Å². The molecule has 1 heterocycles. The van der Waals surface area contributed by atoms with Crippen molar-refractivity contribution in [2.45, 2.75) is 6.04 Å². The maximum absolute atomic E-state index is 13.0. The van der Waals surface area contributed by atoms with Gasteiger partial charge in [0.25, 0.3) is 0 Å². The summed E-state index contributed by atoms with van der Waals surface area (Å²) in [5.74, 6) is 0.941. The zero-order valence-electron chi connectivity index (χ0n) is 14.3. The average molecular weight is 335 g/mol. The van der Waals surface area contributed by atoms with Gasteiger partial charge in [0.2, 0.25) is 0 Å². The molecule has 1 atom stereocenters. The Balaban J connectivity index is 1.75. The third-order valence-corrected chi connectivity index (χ3v) is 4.91. The number of hydrogen-bond donors (Lipinski definition) is 0. The van der Waals surface area contributed by atoms with Gasteiger partial charge >= 0.3 is 0 Å². The number of carbonyl (C=O) groups excluding carboxylic acids is 1. The second-order valence-corrected chi connectivity index (χ2v) is 6.34. The van der Waals surface area contributed by atoms with E-state index in [1.165, 1.54) is 0 Å². The van der Waals surface area contributed by atoms with Crippen LogP contribution in [-0.4, -0.2) is 44.1 Å². The Kier molecular flexibility index (Phi) is 4.38. The molecule has 1 aliphatic heterocycles. The Hall–Kier alpha value is -2.43. The number of rotatable bonds is 3. The molecule has 1 fully saturated rings. The fourth-order valence-corrected chi connectivity index (χ4v) is 3.64. The van der Waals surface area contributed by atoms with Crippen molar-refractivity contribution < 1.29 is 14.3 Å².